The van der Waals surface area contributed by atoms with Crippen LogP contribution in [0.4, 0.5) is 5.95 Å². The Morgan fingerprint density at radius 1 is 1.48 bits per heavy atom. The molecule has 27 heavy (non-hydrogen) atoms. The van der Waals surface area contributed by atoms with Gasteiger partial charge in [0.2, 0.25) is 5.95 Å². The van der Waals surface area contributed by atoms with E-state index < -0.39 is 23.9 Å². The van der Waals surface area contributed by atoms with Gasteiger partial charge in [-0.25, -0.2) is 0 Å². The lowest BCUT2D eigenvalue weighted by Gasteiger charge is -2.24. The number of hydrogen-bond acceptors (Lipinski definition) is 8. The first kappa shape index (κ1) is 19.6. The summed E-state index contributed by atoms with van der Waals surface area (Å²) in [6.07, 6.45) is 0.313. The number of thiazole rings is 1. The maximum Gasteiger partial charge on any atom is 0.311 e. The zero-order valence-electron chi connectivity index (χ0n) is 15.7. The molecule has 1 saturated heterocycles. The van der Waals surface area contributed by atoms with Crippen molar-refractivity contribution in [2.45, 2.75) is 59.0 Å². The van der Waals surface area contributed by atoms with E-state index in [2.05, 4.69) is 23.8 Å². The van der Waals surface area contributed by atoms with Crippen LogP contribution in [0.5, 0.6) is 0 Å². The first-order chi connectivity index (χ1) is 12.7. The number of aromatic nitrogens is 3. The number of carbonyl (C=O) groups is 1. The molecule has 0 saturated carbocycles. The lowest BCUT2D eigenvalue weighted by molar-refractivity contribution is -0.150. The molecular weight excluding hydrogens is 372 g/mol. The van der Waals surface area contributed by atoms with Crippen LogP contribution >= 0.6 is 11.3 Å². The summed E-state index contributed by atoms with van der Waals surface area (Å²) in [4.78, 5) is 42.5. The first-order valence-electron chi connectivity index (χ1n) is 8.96. The van der Waals surface area contributed by atoms with Gasteiger partial charge in [-0.05, 0) is 19.3 Å². The second kappa shape index (κ2) is 7.43. The van der Waals surface area contributed by atoms with Gasteiger partial charge in [0.1, 0.15) is 17.0 Å². The Kier molecular flexibility index (Phi) is 5.38. The number of esters is 1. The highest BCUT2D eigenvalue weighted by Gasteiger charge is 2.44. The molecule has 0 aromatic carbocycles. The Morgan fingerprint density at radius 3 is 2.81 bits per heavy atom. The molecule has 0 spiro atoms. The van der Waals surface area contributed by atoms with Gasteiger partial charge in [0.25, 0.3) is 5.56 Å². The third kappa shape index (κ3) is 3.63. The van der Waals surface area contributed by atoms with Crippen molar-refractivity contribution < 1.29 is 14.3 Å². The van der Waals surface area contributed by atoms with E-state index in [-0.39, 0.29) is 39.1 Å². The molecule has 0 aliphatic carbocycles. The molecule has 0 radical (unpaired) electrons. The van der Waals surface area contributed by atoms with Crippen molar-refractivity contribution in [3.05, 3.63) is 20.0 Å². The zero-order valence-corrected chi connectivity index (χ0v) is 16.5. The summed E-state index contributed by atoms with van der Waals surface area (Å²) in [6, 6.07) is 0. The van der Waals surface area contributed by atoms with E-state index in [0.717, 1.165) is 17.8 Å². The van der Waals surface area contributed by atoms with Crippen molar-refractivity contribution >= 4 is 33.6 Å². The highest BCUT2D eigenvalue weighted by molar-refractivity contribution is 7.16. The lowest BCUT2D eigenvalue weighted by atomic mass is 9.91. The molecule has 3 rings (SSSR count). The third-order valence-electron chi connectivity index (χ3n) is 5.16. The fourth-order valence-electron chi connectivity index (χ4n) is 3.54. The van der Waals surface area contributed by atoms with E-state index >= 15 is 0 Å². The molecule has 3 heterocycles. The Morgan fingerprint density at radius 2 is 2.19 bits per heavy atom. The molecule has 0 amide bonds. The van der Waals surface area contributed by atoms with Crippen molar-refractivity contribution in [1.82, 2.24) is 14.5 Å². The van der Waals surface area contributed by atoms with Crippen LogP contribution in [-0.2, 0) is 14.3 Å². The minimum absolute atomic E-state index is 0.0693. The van der Waals surface area contributed by atoms with Gasteiger partial charge in [-0.2, -0.15) is 4.98 Å². The minimum Gasteiger partial charge on any atom is -0.462 e. The van der Waals surface area contributed by atoms with Crippen LogP contribution in [0.25, 0.3) is 10.3 Å². The zero-order chi connectivity index (χ0) is 19.9. The topological polar surface area (TPSA) is 129 Å². The average molecular weight is 396 g/mol. The molecule has 9 nitrogen and oxygen atoms in total. The Labute approximate surface area is 159 Å². The van der Waals surface area contributed by atoms with Crippen LogP contribution in [-0.4, -0.2) is 32.7 Å². The van der Waals surface area contributed by atoms with Crippen molar-refractivity contribution in [3.8, 4) is 0 Å². The van der Waals surface area contributed by atoms with Crippen LogP contribution in [0.2, 0.25) is 0 Å². The molecule has 1 aliphatic heterocycles. The predicted molar refractivity (Wildman–Crippen MR) is 102 cm³/mol. The number of fused-ring (bicyclic) bond motifs is 1. The second-order valence-corrected chi connectivity index (χ2v) is 7.97. The predicted octanol–water partition coefficient (Wildman–Crippen LogP) is 1.63. The minimum atomic E-state index is -0.687. The molecule has 5 atom stereocenters. The quantitative estimate of drug-likeness (QED) is 0.735. The van der Waals surface area contributed by atoms with Crippen LogP contribution < -0.4 is 16.2 Å². The highest BCUT2D eigenvalue weighted by Crippen LogP contribution is 2.41. The van der Waals surface area contributed by atoms with E-state index in [1.54, 1.807) is 6.92 Å². The number of nitrogen functional groups attached to an aromatic ring is 1. The van der Waals surface area contributed by atoms with Gasteiger partial charge in [0.05, 0.1) is 6.10 Å². The van der Waals surface area contributed by atoms with E-state index in [0.29, 0.717) is 6.42 Å². The van der Waals surface area contributed by atoms with Crippen molar-refractivity contribution in [1.29, 1.82) is 0 Å². The standard InChI is InChI=1S/C17H24N4O5S/c1-5-7(2)11-6-10(8(3)25-9(4)22)15(26-11)21-13-12(27-17(21)24)14(23)20-16(18)19-13/h7-8,10-11,15H,5-6H2,1-4H3,(H3,18,19,20,23)/t7-,8+,10-,11-,15+/m0/s1. The number of anilines is 1. The number of carbonyl (C=O) groups excluding carboxylic acids is 1. The normalized spacial score (nSPS) is 24.8. The van der Waals surface area contributed by atoms with E-state index in [4.69, 9.17) is 15.2 Å². The van der Waals surface area contributed by atoms with Crippen LogP contribution in [0.3, 0.4) is 0 Å². The molecule has 2 aromatic heterocycles. The van der Waals surface area contributed by atoms with E-state index in [1.165, 1.54) is 11.5 Å². The summed E-state index contributed by atoms with van der Waals surface area (Å²) in [7, 11) is 0. The molecule has 1 fully saturated rings. The summed E-state index contributed by atoms with van der Waals surface area (Å²) < 4.78 is 13.2. The van der Waals surface area contributed by atoms with Crippen molar-refractivity contribution in [2.24, 2.45) is 11.8 Å². The molecule has 2 aromatic rings. The molecule has 148 valence electrons. The number of nitrogens with zero attached hydrogens (tertiary/aromatic N) is 2. The fourth-order valence-corrected chi connectivity index (χ4v) is 4.39. The molecular formula is C17H24N4O5S. The van der Waals surface area contributed by atoms with Crippen LogP contribution in [0, 0.1) is 11.8 Å². The maximum absolute atomic E-state index is 12.7. The summed E-state index contributed by atoms with van der Waals surface area (Å²) >= 11 is 0.802. The summed E-state index contributed by atoms with van der Waals surface area (Å²) in [5, 5.41) is 0. The average Bonchev–Trinajstić information content (AvgIpc) is 3.14. The smallest absolute Gasteiger partial charge is 0.311 e. The maximum atomic E-state index is 12.7. The lowest BCUT2D eigenvalue weighted by Crippen LogP contribution is -2.32. The van der Waals surface area contributed by atoms with Gasteiger partial charge in [-0.1, -0.05) is 31.6 Å². The molecule has 1 aliphatic rings. The molecule has 10 heteroatoms. The van der Waals surface area contributed by atoms with Gasteiger partial charge in [-0.15, -0.1) is 0 Å². The number of nitrogens with two attached hydrogens (primary N) is 1. The van der Waals surface area contributed by atoms with Crippen molar-refractivity contribution in [3.63, 3.8) is 0 Å². The third-order valence-corrected chi connectivity index (χ3v) is 6.11. The number of rotatable bonds is 5. The summed E-state index contributed by atoms with van der Waals surface area (Å²) in [5.74, 6) is -0.440. The Balaban J connectivity index is 2.10. The molecule has 0 unspecified atom stereocenters. The Bertz CT molecular complexity index is 964. The largest absolute Gasteiger partial charge is 0.462 e. The van der Waals surface area contributed by atoms with Crippen LogP contribution in [0.15, 0.2) is 9.59 Å². The Hall–Kier alpha value is -2.20. The number of ether oxygens (including phenoxy) is 2. The van der Waals surface area contributed by atoms with Gasteiger partial charge in [0, 0.05) is 12.8 Å². The summed E-state index contributed by atoms with van der Waals surface area (Å²) in [6.45, 7) is 7.28. The number of aromatic amines is 1. The van der Waals surface area contributed by atoms with E-state index in [1.807, 2.05) is 0 Å². The SMILES string of the molecule is CC[C@H](C)[C@@H]1C[C@@H]([C@@H](C)OC(C)=O)[C@H](n2c(=O)sc3c(=O)[nH]c(N)nc32)O1. The van der Waals surface area contributed by atoms with E-state index in [9.17, 15) is 14.4 Å². The van der Waals surface area contributed by atoms with Gasteiger partial charge >= 0.3 is 10.8 Å². The van der Waals surface area contributed by atoms with Gasteiger partial charge in [0.15, 0.2) is 5.65 Å². The number of nitrogens with one attached hydrogen (secondary N) is 1. The number of hydrogen-bond donors (Lipinski definition) is 2. The van der Waals surface area contributed by atoms with Gasteiger partial charge in [-0.3, -0.25) is 23.9 Å². The fraction of sp³-hybridized carbons (Fsp3) is 0.647. The van der Waals surface area contributed by atoms with Crippen LogP contribution in [0.1, 0.15) is 46.8 Å². The monoisotopic (exact) mass is 396 g/mol. The molecule has 0 bridgehead atoms. The van der Waals surface area contributed by atoms with Crippen molar-refractivity contribution in [2.75, 3.05) is 5.73 Å². The first-order valence-corrected chi connectivity index (χ1v) is 9.78. The number of H-pyrrole nitrogens is 1. The molecule has 3 N–H and O–H groups in total. The van der Waals surface area contributed by atoms with Gasteiger partial charge < -0.3 is 15.2 Å². The highest BCUT2D eigenvalue weighted by atomic mass is 32.1. The second-order valence-electron chi connectivity index (χ2n) is 7.01. The summed E-state index contributed by atoms with van der Waals surface area (Å²) in [5.41, 5.74) is 5.41.